The summed E-state index contributed by atoms with van der Waals surface area (Å²) >= 11 is 0. The molecule has 0 fully saturated rings. The van der Waals surface area contributed by atoms with Crippen molar-refractivity contribution in [3.05, 3.63) is 47.7 Å². The van der Waals surface area contributed by atoms with E-state index in [9.17, 15) is 5.11 Å². The van der Waals surface area contributed by atoms with Gasteiger partial charge in [-0.2, -0.15) is 5.26 Å². The second-order valence-corrected chi connectivity index (χ2v) is 3.49. The number of para-hydroxylation sites is 2. The maximum atomic E-state index is 9.57. The van der Waals surface area contributed by atoms with Gasteiger partial charge in [-0.05, 0) is 30.7 Å². The maximum absolute atomic E-state index is 9.57. The molecule has 1 heterocycles. The lowest BCUT2D eigenvalue weighted by molar-refractivity contribution is 0.402. The number of benzene rings is 1. The maximum Gasteiger partial charge on any atom is 0.237 e. The fraction of sp³-hybridized carbons (Fsp3) is 0.0769. The molecule has 4 heteroatoms. The van der Waals surface area contributed by atoms with Crippen molar-refractivity contribution in [1.82, 2.24) is 4.98 Å². The lowest BCUT2D eigenvalue weighted by atomic mass is 10.2. The molecule has 0 aliphatic heterocycles. The Morgan fingerprint density at radius 1 is 1.29 bits per heavy atom. The Labute approximate surface area is 98.7 Å². The van der Waals surface area contributed by atoms with E-state index in [0.29, 0.717) is 5.56 Å². The topological polar surface area (TPSA) is 66.1 Å². The highest BCUT2D eigenvalue weighted by Crippen LogP contribution is 2.31. The van der Waals surface area contributed by atoms with E-state index in [1.165, 1.54) is 6.07 Å². The molecular weight excluding hydrogens is 216 g/mol. The molecule has 1 aromatic carbocycles. The number of aromatic nitrogens is 1. The molecule has 0 saturated carbocycles. The van der Waals surface area contributed by atoms with Gasteiger partial charge in [0.15, 0.2) is 11.5 Å². The highest BCUT2D eigenvalue weighted by molar-refractivity contribution is 5.47. The van der Waals surface area contributed by atoms with Gasteiger partial charge in [0.05, 0.1) is 0 Å². The highest BCUT2D eigenvalue weighted by atomic mass is 16.5. The van der Waals surface area contributed by atoms with E-state index >= 15 is 0 Å². The van der Waals surface area contributed by atoms with Gasteiger partial charge >= 0.3 is 0 Å². The molecule has 0 aliphatic rings. The SMILES string of the molecule is Cc1ccnc(Oc2ccccc2O)c1C#N. The van der Waals surface area contributed by atoms with Crippen molar-refractivity contribution in [3.8, 4) is 23.4 Å². The summed E-state index contributed by atoms with van der Waals surface area (Å²) in [6.45, 7) is 1.80. The molecule has 0 unspecified atom stereocenters. The Morgan fingerprint density at radius 2 is 2.06 bits per heavy atom. The first-order valence-corrected chi connectivity index (χ1v) is 5.04. The van der Waals surface area contributed by atoms with Crippen LogP contribution in [0.15, 0.2) is 36.5 Å². The van der Waals surface area contributed by atoms with Crippen LogP contribution in [0.2, 0.25) is 0 Å². The Kier molecular flexibility index (Phi) is 2.93. The molecule has 0 amide bonds. The quantitative estimate of drug-likeness (QED) is 0.855. The smallest absolute Gasteiger partial charge is 0.237 e. The highest BCUT2D eigenvalue weighted by Gasteiger charge is 2.10. The lowest BCUT2D eigenvalue weighted by Crippen LogP contribution is -1.94. The predicted octanol–water partition coefficient (Wildman–Crippen LogP) is 2.76. The van der Waals surface area contributed by atoms with Crippen molar-refractivity contribution in [1.29, 1.82) is 5.26 Å². The minimum Gasteiger partial charge on any atom is -0.504 e. The van der Waals surface area contributed by atoms with E-state index < -0.39 is 0 Å². The van der Waals surface area contributed by atoms with Gasteiger partial charge in [0, 0.05) is 6.20 Å². The average molecular weight is 226 g/mol. The fourth-order valence-electron chi connectivity index (χ4n) is 1.39. The summed E-state index contributed by atoms with van der Waals surface area (Å²) in [5.41, 5.74) is 1.16. The molecule has 84 valence electrons. The number of phenolic OH excluding ortho intramolecular Hbond substituents is 1. The van der Waals surface area contributed by atoms with Crippen LogP contribution in [-0.2, 0) is 0 Å². The Hall–Kier alpha value is -2.54. The number of nitriles is 1. The number of aromatic hydroxyl groups is 1. The average Bonchev–Trinajstić information content (AvgIpc) is 2.32. The van der Waals surface area contributed by atoms with Crippen LogP contribution in [-0.4, -0.2) is 10.1 Å². The number of hydrogen-bond acceptors (Lipinski definition) is 4. The molecule has 0 saturated heterocycles. The van der Waals surface area contributed by atoms with Crippen molar-refractivity contribution < 1.29 is 9.84 Å². The summed E-state index contributed by atoms with van der Waals surface area (Å²) in [5, 5.41) is 18.6. The second kappa shape index (κ2) is 4.54. The van der Waals surface area contributed by atoms with E-state index in [4.69, 9.17) is 10.00 Å². The lowest BCUT2D eigenvalue weighted by Gasteiger charge is -2.08. The minimum atomic E-state index is 0.0136. The van der Waals surface area contributed by atoms with Gasteiger partial charge in [-0.25, -0.2) is 4.98 Å². The Morgan fingerprint density at radius 3 is 2.76 bits per heavy atom. The van der Waals surface area contributed by atoms with Gasteiger partial charge in [0.2, 0.25) is 5.88 Å². The monoisotopic (exact) mass is 226 g/mol. The van der Waals surface area contributed by atoms with Gasteiger partial charge in [-0.15, -0.1) is 0 Å². The normalized spacial score (nSPS) is 9.65. The molecule has 2 aromatic rings. The van der Waals surface area contributed by atoms with E-state index in [-0.39, 0.29) is 17.4 Å². The number of ether oxygens (including phenoxy) is 1. The van der Waals surface area contributed by atoms with Gasteiger partial charge in [-0.1, -0.05) is 12.1 Å². The van der Waals surface area contributed by atoms with Crippen molar-refractivity contribution in [2.75, 3.05) is 0 Å². The molecule has 4 nitrogen and oxygen atoms in total. The fourth-order valence-corrected chi connectivity index (χ4v) is 1.39. The minimum absolute atomic E-state index is 0.0136. The van der Waals surface area contributed by atoms with Crippen LogP contribution >= 0.6 is 0 Å². The summed E-state index contributed by atoms with van der Waals surface area (Å²) in [4.78, 5) is 3.99. The van der Waals surface area contributed by atoms with Gasteiger partial charge in [0.25, 0.3) is 0 Å². The van der Waals surface area contributed by atoms with Crippen LogP contribution in [0.25, 0.3) is 0 Å². The second-order valence-electron chi connectivity index (χ2n) is 3.49. The number of hydrogen-bond donors (Lipinski definition) is 1. The van der Waals surface area contributed by atoms with E-state index in [1.54, 1.807) is 37.4 Å². The Bertz CT molecular complexity index is 588. The summed E-state index contributed by atoms with van der Waals surface area (Å²) in [5.74, 6) is 0.496. The number of rotatable bonds is 2. The van der Waals surface area contributed by atoms with Gasteiger partial charge in [0.1, 0.15) is 11.6 Å². The third-order valence-electron chi connectivity index (χ3n) is 2.31. The summed E-state index contributed by atoms with van der Waals surface area (Å²) in [6.07, 6.45) is 1.56. The third kappa shape index (κ3) is 2.18. The van der Waals surface area contributed by atoms with Crippen LogP contribution in [0.4, 0.5) is 0 Å². The molecule has 0 spiro atoms. The first kappa shape index (κ1) is 11.0. The molecule has 17 heavy (non-hydrogen) atoms. The zero-order valence-corrected chi connectivity index (χ0v) is 9.21. The van der Waals surface area contributed by atoms with E-state index in [1.807, 2.05) is 6.07 Å². The van der Waals surface area contributed by atoms with E-state index in [2.05, 4.69) is 4.98 Å². The van der Waals surface area contributed by atoms with Crippen molar-refractivity contribution in [2.45, 2.75) is 6.92 Å². The van der Waals surface area contributed by atoms with E-state index in [0.717, 1.165) is 5.56 Å². The molecular formula is C13H10N2O2. The van der Waals surface area contributed by atoms with Crippen LogP contribution in [0.5, 0.6) is 17.4 Å². The van der Waals surface area contributed by atoms with Crippen molar-refractivity contribution in [3.63, 3.8) is 0 Å². The zero-order valence-electron chi connectivity index (χ0n) is 9.21. The van der Waals surface area contributed by atoms with Crippen LogP contribution in [0.1, 0.15) is 11.1 Å². The molecule has 0 atom stereocenters. The van der Waals surface area contributed by atoms with Crippen LogP contribution in [0, 0.1) is 18.3 Å². The molecule has 0 bridgehead atoms. The Balaban J connectivity index is 2.41. The van der Waals surface area contributed by atoms with Crippen LogP contribution < -0.4 is 4.74 Å². The standard InChI is InChI=1S/C13H10N2O2/c1-9-6-7-15-13(10(9)8-14)17-12-5-3-2-4-11(12)16/h2-7,16H,1H3. The van der Waals surface area contributed by atoms with Gasteiger partial charge in [-0.3, -0.25) is 0 Å². The largest absolute Gasteiger partial charge is 0.504 e. The first-order chi connectivity index (χ1) is 8.22. The molecule has 2 rings (SSSR count). The first-order valence-electron chi connectivity index (χ1n) is 5.04. The van der Waals surface area contributed by atoms with Crippen LogP contribution in [0.3, 0.4) is 0 Å². The predicted molar refractivity (Wildman–Crippen MR) is 61.9 cm³/mol. The zero-order chi connectivity index (χ0) is 12.3. The van der Waals surface area contributed by atoms with Crippen molar-refractivity contribution >= 4 is 0 Å². The summed E-state index contributed by atoms with van der Waals surface area (Å²) < 4.78 is 5.43. The molecule has 0 aliphatic carbocycles. The number of nitrogens with zero attached hydrogens (tertiary/aromatic N) is 2. The summed E-state index contributed by atoms with van der Waals surface area (Å²) in [6, 6.07) is 10.3. The van der Waals surface area contributed by atoms with Crippen molar-refractivity contribution in [2.24, 2.45) is 0 Å². The number of pyridine rings is 1. The molecule has 1 N–H and O–H groups in total. The summed E-state index contributed by atoms with van der Waals surface area (Å²) in [7, 11) is 0. The molecule has 0 radical (unpaired) electrons. The third-order valence-corrected chi connectivity index (χ3v) is 2.31. The number of phenols is 1. The number of aryl methyl sites for hydroxylation is 1. The van der Waals surface area contributed by atoms with Gasteiger partial charge < -0.3 is 9.84 Å². The molecule has 1 aromatic heterocycles.